The standard InChI is InChI=1S/C24H20ClNO2/c1-16-10-12-19(14-17(16)2)23(27)13-11-18-6-5-7-20(15-18)26-24(28)21-8-3-4-9-22(21)25/h3-15H,1-2H3,(H,26,28)/b13-11+. The number of anilines is 1. The Kier molecular flexibility index (Phi) is 6.07. The Labute approximate surface area is 169 Å². The van der Waals surface area contributed by atoms with E-state index < -0.39 is 0 Å². The van der Waals surface area contributed by atoms with Gasteiger partial charge in [0.1, 0.15) is 0 Å². The van der Waals surface area contributed by atoms with Crippen molar-refractivity contribution in [3.05, 3.63) is 106 Å². The Morgan fingerprint density at radius 1 is 0.893 bits per heavy atom. The molecular weight excluding hydrogens is 370 g/mol. The van der Waals surface area contributed by atoms with Crippen LogP contribution in [0.25, 0.3) is 6.08 Å². The molecule has 0 aliphatic rings. The van der Waals surface area contributed by atoms with Crippen molar-refractivity contribution in [2.75, 3.05) is 5.32 Å². The van der Waals surface area contributed by atoms with Crippen molar-refractivity contribution in [1.29, 1.82) is 0 Å². The smallest absolute Gasteiger partial charge is 0.257 e. The Bertz CT molecular complexity index is 1070. The van der Waals surface area contributed by atoms with Crippen LogP contribution in [-0.4, -0.2) is 11.7 Å². The lowest BCUT2D eigenvalue weighted by Gasteiger charge is -2.07. The lowest BCUT2D eigenvalue weighted by molar-refractivity contribution is 0.102. The van der Waals surface area contributed by atoms with E-state index in [9.17, 15) is 9.59 Å². The van der Waals surface area contributed by atoms with Crippen LogP contribution in [0.3, 0.4) is 0 Å². The number of amides is 1. The summed E-state index contributed by atoms with van der Waals surface area (Å²) in [7, 11) is 0. The van der Waals surface area contributed by atoms with E-state index in [4.69, 9.17) is 11.6 Å². The fourth-order valence-corrected chi connectivity index (χ4v) is 2.95. The molecule has 3 aromatic carbocycles. The van der Waals surface area contributed by atoms with Crippen molar-refractivity contribution in [3.63, 3.8) is 0 Å². The molecule has 0 aliphatic carbocycles. The van der Waals surface area contributed by atoms with Crippen LogP contribution in [0, 0.1) is 13.8 Å². The molecule has 0 saturated carbocycles. The van der Waals surface area contributed by atoms with Crippen molar-refractivity contribution >= 4 is 35.1 Å². The third kappa shape index (κ3) is 4.76. The Morgan fingerprint density at radius 2 is 1.68 bits per heavy atom. The molecule has 3 rings (SSSR count). The summed E-state index contributed by atoms with van der Waals surface area (Å²) in [4.78, 5) is 24.8. The van der Waals surface area contributed by atoms with Crippen LogP contribution >= 0.6 is 11.6 Å². The van der Waals surface area contributed by atoms with Gasteiger partial charge in [0, 0.05) is 11.3 Å². The highest BCUT2D eigenvalue weighted by molar-refractivity contribution is 6.34. The molecule has 140 valence electrons. The number of benzene rings is 3. The number of allylic oxidation sites excluding steroid dienone is 1. The Morgan fingerprint density at radius 3 is 2.43 bits per heavy atom. The summed E-state index contributed by atoms with van der Waals surface area (Å²) in [5, 5.41) is 3.23. The molecule has 28 heavy (non-hydrogen) atoms. The average Bonchev–Trinajstić information content (AvgIpc) is 2.69. The van der Waals surface area contributed by atoms with Crippen LogP contribution < -0.4 is 5.32 Å². The SMILES string of the molecule is Cc1ccc(C(=O)/C=C/c2cccc(NC(=O)c3ccccc3Cl)c2)cc1C. The van der Waals surface area contributed by atoms with Gasteiger partial charge in [-0.15, -0.1) is 0 Å². The molecule has 4 heteroatoms. The molecular formula is C24H20ClNO2. The molecule has 1 amide bonds. The highest BCUT2D eigenvalue weighted by Crippen LogP contribution is 2.19. The molecule has 0 heterocycles. The van der Waals surface area contributed by atoms with Crippen LogP contribution in [0.4, 0.5) is 5.69 Å². The number of rotatable bonds is 5. The van der Waals surface area contributed by atoms with Gasteiger partial charge in [-0.1, -0.05) is 54.1 Å². The molecule has 1 N–H and O–H groups in total. The summed E-state index contributed by atoms with van der Waals surface area (Å²) in [6, 6.07) is 19.8. The predicted octanol–water partition coefficient (Wildman–Crippen LogP) is 6.11. The maximum Gasteiger partial charge on any atom is 0.257 e. The van der Waals surface area contributed by atoms with Gasteiger partial charge in [0.25, 0.3) is 5.91 Å². The zero-order valence-electron chi connectivity index (χ0n) is 15.7. The van der Waals surface area contributed by atoms with Gasteiger partial charge in [0.2, 0.25) is 0 Å². The van der Waals surface area contributed by atoms with Crippen molar-refractivity contribution in [3.8, 4) is 0 Å². The quantitative estimate of drug-likeness (QED) is 0.423. The first-order valence-electron chi connectivity index (χ1n) is 8.89. The molecule has 0 aliphatic heterocycles. The molecule has 0 atom stereocenters. The Hall–Kier alpha value is -3.17. The van der Waals surface area contributed by atoms with Crippen molar-refractivity contribution in [2.45, 2.75) is 13.8 Å². The topological polar surface area (TPSA) is 46.2 Å². The van der Waals surface area contributed by atoms with Crippen LogP contribution in [-0.2, 0) is 0 Å². The molecule has 0 spiro atoms. The van der Waals surface area contributed by atoms with Crippen molar-refractivity contribution < 1.29 is 9.59 Å². The van der Waals surface area contributed by atoms with E-state index in [1.807, 2.05) is 44.2 Å². The van der Waals surface area contributed by atoms with Gasteiger partial charge in [0.05, 0.1) is 10.6 Å². The highest BCUT2D eigenvalue weighted by atomic mass is 35.5. The largest absolute Gasteiger partial charge is 0.322 e. The number of ketones is 1. The maximum atomic E-state index is 12.4. The van der Waals surface area contributed by atoms with E-state index in [2.05, 4.69) is 5.32 Å². The van der Waals surface area contributed by atoms with Crippen LogP contribution in [0.2, 0.25) is 5.02 Å². The van der Waals surface area contributed by atoms with Crippen LogP contribution in [0.5, 0.6) is 0 Å². The van der Waals surface area contributed by atoms with E-state index >= 15 is 0 Å². The first kappa shape index (κ1) is 19.6. The number of hydrogen-bond acceptors (Lipinski definition) is 2. The van der Waals surface area contributed by atoms with Crippen LogP contribution in [0.15, 0.2) is 72.8 Å². The van der Waals surface area contributed by atoms with E-state index in [1.165, 1.54) is 0 Å². The lowest BCUT2D eigenvalue weighted by Crippen LogP contribution is -2.12. The number of nitrogens with one attached hydrogen (secondary N) is 1. The van der Waals surface area contributed by atoms with E-state index in [0.29, 0.717) is 21.8 Å². The monoisotopic (exact) mass is 389 g/mol. The molecule has 3 aromatic rings. The normalized spacial score (nSPS) is 10.8. The minimum Gasteiger partial charge on any atom is -0.322 e. The summed E-state index contributed by atoms with van der Waals surface area (Å²) in [6.45, 7) is 4.00. The van der Waals surface area contributed by atoms with E-state index in [0.717, 1.165) is 16.7 Å². The van der Waals surface area contributed by atoms with Gasteiger partial charge in [-0.2, -0.15) is 0 Å². The molecule has 0 bridgehead atoms. The Balaban J connectivity index is 1.73. The summed E-state index contributed by atoms with van der Waals surface area (Å²) in [5.74, 6) is -0.341. The predicted molar refractivity (Wildman–Crippen MR) is 115 cm³/mol. The second-order valence-electron chi connectivity index (χ2n) is 6.56. The molecule has 3 nitrogen and oxygen atoms in total. The fraction of sp³-hybridized carbons (Fsp3) is 0.0833. The minimum absolute atomic E-state index is 0.0615. The number of halogens is 1. The van der Waals surface area contributed by atoms with Crippen LogP contribution in [0.1, 0.15) is 37.4 Å². The second-order valence-corrected chi connectivity index (χ2v) is 6.96. The first-order chi connectivity index (χ1) is 13.4. The van der Waals surface area contributed by atoms with Gasteiger partial charge < -0.3 is 5.32 Å². The number of carbonyl (C=O) groups excluding carboxylic acids is 2. The minimum atomic E-state index is -0.280. The summed E-state index contributed by atoms with van der Waals surface area (Å²) < 4.78 is 0. The summed E-state index contributed by atoms with van der Waals surface area (Å²) in [6.07, 6.45) is 3.28. The van der Waals surface area contributed by atoms with Crippen molar-refractivity contribution in [2.24, 2.45) is 0 Å². The molecule has 0 saturated heterocycles. The molecule has 0 fully saturated rings. The fourth-order valence-electron chi connectivity index (χ4n) is 2.73. The maximum absolute atomic E-state index is 12.4. The zero-order valence-corrected chi connectivity index (χ0v) is 16.5. The molecule has 0 unspecified atom stereocenters. The van der Waals surface area contributed by atoms with Gasteiger partial charge in [-0.05, 0) is 66.9 Å². The summed E-state index contributed by atoms with van der Waals surface area (Å²) >= 11 is 6.07. The third-order valence-corrected chi connectivity index (χ3v) is 4.81. The number of hydrogen-bond donors (Lipinski definition) is 1. The zero-order chi connectivity index (χ0) is 20.1. The lowest BCUT2D eigenvalue weighted by atomic mass is 10.0. The van der Waals surface area contributed by atoms with E-state index in [-0.39, 0.29) is 11.7 Å². The van der Waals surface area contributed by atoms with Gasteiger partial charge >= 0.3 is 0 Å². The van der Waals surface area contributed by atoms with E-state index in [1.54, 1.807) is 48.6 Å². The van der Waals surface area contributed by atoms with Gasteiger partial charge in [-0.25, -0.2) is 0 Å². The summed E-state index contributed by atoms with van der Waals surface area (Å²) in [5.41, 5.74) is 4.75. The molecule has 0 radical (unpaired) electrons. The molecule has 0 aromatic heterocycles. The second kappa shape index (κ2) is 8.68. The third-order valence-electron chi connectivity index (χ3n) is 4.48. The first-order valence-corrected chi connectivity index (χ1v) is 9.27. The van der Waals surface area contributed by atoms with Gasteiger partial charge in [0.15, 0.2) is 5.78 Å². The van der Waals surface area contributed by atoms with Crippen molar-refractivity contribution in [1.82, 2.24) is 0 Å². The average molecular weight is 390 g/mol. The number of aryl methyl sites for hydroxylation is 2. The number of carbonyl (C=O) groups is 2. The van der Waals surface area contributed by atoms with Gasteiger partial charge in [-0.3, -0.25) is 9.59 Å². The highest BCUT2D eigenvalue weighted by Gasteiger charge is 2.10.